The molecule has 4 rings (SSSR count). The molecule has 0 spiro atoms. The molecule has 4 fully saturated rings. The number of amides is 2. The molecular formula is C29H48N2O6. The summed E-state index contributed by atoms with van der Waals surface area (Å²) in [4.78, 5) is 42.5. The molecule has 2 N–H and O–H groups in total. The first-order valence-electron chi connectivity index (χ1n) is 14.3. The first kappa shape index (κ1) is 28.5. The lowest BCUT2D eigenvalue weighted by Gasteiger charge is -2.61. The second kappa shape index (κ2) is 10.6. The highest BCUT2D eigenvalue weighted by atomic mass is 16.6. The maximum absolute atomic E-state index is 14.1. The highest BCUT2D eigenvalue weighted by Crippen LogP contribution is 2.68. The Morgan fingerprint density at radius 3 is 2.38 bits per heavy atom. The van der Waals surface area contributed by atoms with Crippen LogP contribution in [0.25, 0.3) is 0 Å². The molecule has 4 aliphatic rings. The van der Waals surface area contributed by atoms with E-state index in [1.807, 2.05) is 14.0 Å². The van der Waals surface area contributed by atoms with Crippen LogP contribution in [0.5, 0.6) is 0 Å². The van der Waals surface area contributed by atoms with E-state index in [1.165, 1.54) is 0 Å². The van der Waals surface area contributed by atoms with Gasteiger partial charge in [-0.1, -0.05) is 27.7 Å². The van der Waals surface area contributed by atoms with Crippen LogP contribution in [-0.2, 0) is 19.1 Å². The van der Waals surface area contributed by atoms with Crippen molar-refractivity contribution in [1.82, 2.24) is 10.2 Å². The van der Waals surface area contributed by atoms with Gasteiger partial charge in [-0.3, -0.25) is 14.9 Å². The van der Waals surface area contributed by atoms with Crippen LogP contribution in [0.4, 0.5) is 4.79 Å². The predicted molar refractivity (Wildman–Crippen MR) is 140 cm³/mol. The number of aliphatic hydroxyl groups is 1. The lowest BCUT2D eigenvalue weighted by atomic mass is 9.44. The van der Waals surface area contributed by atoms with Gasteiger partial charge in [0.05, 0.1) is 6.10 Å². The normalized spacial score (nSPS) is 43.0. The van der Waals surface area contributed by atoms with Crippen molar-refractivity contribution in [2.75, 3.05) is 33.9 Å². The highest BCUT2D eigenvalue weighted by molar-refractivity contribution is 5.93. The Morgan fingerprint density at radius 1 is 1.11 bits per heavy atom. The fraction of sp³-hybridized carbons (Fsp3) is 0.897. The lowest BCUT2D eigenvalue weighted by Crippen LogP contribution is -2.63. The summed E-state index contributed by atoms with van der Waals surface area (Å²) < 4.78 is 12.3. The summed E-state index contributed by atoms with van der Waals surface area (Å²) in [7, 11) is 3.78. The number of Topliss-reactive ketones (excluding diaryl/α,β-unsaturated/α-hetero) is 1. The minimum absolute atomic E-state index is 0.0137. The molecule has 8 nitrogen and oxygen atoms in total. The van der Waals surface area contributed by atoms with E-state index in [2.05, 4.69) is 31.0 Å². The number of carbonyl (C=O) groups is 3. The number of nitrogens with one attached hydrogen (secondary N) is 1. The van der Waals surface area contributed by atoms with Gasteiger partial charge >= 0.3 is 6.09 Å². The number of aliphatic hydroxyl groups excluding tert-OH is 1. The smallest absolute Gasteiger partial charge is 0.414 e. The second-order valence-electron chi connectivity index (χ2n) is 13.1. The predicted octanol–water partition coefficient (Wildman–Crippen LogP) is 3.79. The molecule has 0 aromatic rings. The molecule has 2 bridgehead atoms. The molecule has 3 saturated carbocycles. The first-order valence-corrected chi connectivity index (χ1v) is 14.3. The number of likely N-dealkylation sites (tertiary alicyclic amines) is 1. The number of hydrogen-bond acceptors (Lipinski definition) is 7. The summed E-state index contributed by atoms with van der Waals surface area (Å²) in [5.41, 5.74) is -1.48. The van der Waals surface area contributed by atoms with Crippen molar-refractivity contribution in [3.05, 3.63) is 0 Å². The number of nitrogens with zero attached hydrogens (tertiary/aromatic N) is 1. The Morgan fingerprint density at radius 2 is 1.76 bits per heavy atom. The van der Waals surface area contributed by atoms with Crippen molar-refractivity contribution in [1.29, 1.82) is 0 Å². The number of rotatable bonds is 5. The number of alkyl carbamates (subject to hydrolysis) is 1. The van der Waals surface area contributed by atoms with Gasteiger partial charge in [-0.2, -0.15) is 0 Å². The standard InChI is InChI=1S/C29H48N2O6/c1-18-7-11-29-12-8-21(36-6)23(29)28(18,4)22(17-27(3,13-16-32)24(33)19(29)2)37-26(35)30-25(34)20-9-14-31(5)15-10-20/h18-23,32H,7-17H2,1-6H3,(H,30,34,35)/t18-,19+,21+,22?,23?,27-,28+,29?/m1/s1. The van der Waals surface area contributed by atoms with Gasteiger partial charge in [0, 0.05) is 42.3 Å². The van der Waals surface area contributed by atoms with E-state index in [-0.39, 0.29) is 53.5 Å². The van der Waals surface area contributed by atoms with Gasteiger partial charge in [-0.05, 0) is 82.8 Å². The van der Waals surface area contributed by atoms with Crippen molar-refractivity contribution < 1.29 is 29.0 Å². The first-order chi connectivity index (χ1) is 17.4. The third kappa shape index (κ3) is 4.76. The van der Waals surface area contributed by atoms with Crippen LogP contribution in [0, 0.1) is 39.9 Å². The molecule has 3 aliphatic carbocycles. The van der Waals surface area contributed by atoms with Gasteiger partial charge in [0.25, 0.3) is 0 Å². The Balaban J connectivity index is 1.68. The molecule has 37 heavy (non-hydrogen) atoms. The molecule has 1 heterocycles. The molecule has 0 aromatic heterocycles. The van der Waals surface area contributed by atoms with Crippen LogP contribution in [-0.4, -0.2) is 73.9 Å². The van der Waals surface area contributed by atoms with Crippen molar-refractivity contribution >= 4 is 17.8 Å². The summed E-state index contributed by atoms with van der Waals surface area (Å²) in [6.45, 7) is 9.99. The van der Waals surface area contributed by atoms with Crippen molar-refractivity contribution in [3.8, 4) is 0 Å². The second-order valence-corrected chi connectivity index (χ2v) is 13.1. The zero-order valence-electron chi connectivity index (χ0n) is 23.7. The average molecular weight is 521 g/mol. The van der Waals surface area contributed by atoms with Crippen LogP contribution in [0.15, 0.2) is 0 Å². The minimum Gasteiger partial charge on any atom is -0.445 e. The maximum atomic E-state index is 14.1. The third-order valence-electron chi connectivity index (χ3n) is 11.4. The zero-order valence-corrected chi connectivity index (χ0v) is 23.7. The average Bonchev–Trinajstić information content (AvgIpc) is 3.26. The fourth-order valence-corrected chi connectivity index (χ4v) is 8.77. The highest BCUT2D eigenvalue weighted by Gasteiger charge is 2.68. The van der Waals surface area contributed by atoms with Crippen molar-refractivity contribution in [2.45, 2.75) is 91.3 Å². The molecular weight excluding hydrogens is 472 g/mol. The quantitative estimate of drug-likeness (QED) is 0.568. The number of imide groups is 1. The number of hydrogen-bond donors (Lipinski definition) is 2. The van der Waals surface area contributed by atoms with Crippen LogP contribution in [0.2, 0.25) is 0 Å². The number of methoxy groups -OCH3 is 1. The van der Waals surface area contributed by atoms with E-state index >= 15 is 0 Å². The fourth-order valence-electron chi connectivity index (χ4n) is 8.77. The molecule has 3 unspecified atom stereocenters. The van der Waals surface area contributed by atoms with Gasteiger partial charge < -0.3 is 19.5 Å². The third-order valence-corrected chi connectivity index (χ3v) is 11.4. The molecule has 8 atom stereocenters. The molecule has 0 aromatic carbocycles. The van der Waals surface area contributed by atoms with E-state index in [0.29, 0.717) is 12.8 Å². The number of carbonyl (C=O) groups excluding carboxylic acids is 3. The van der Waals surface area contributed by atoms with Gasteiger partial charge in [-0.15, -0.1) is 0 Å². The largest absolute Gasteiger partial charge is 0.445 e. The number of ketones is 1. The summed E-state index contributed by atoms with van der Waals surface area (Å²) in [5, 5.41) is 12.5. The summed E-state index contributed by atoms with van der Waals surface area (Å²) in [5.74, 6) is -0.194. The summed E-state index contributed by atoms with van der Waals surface area (Å²) in [6, 6.07) is 0. The van der Waals surface area contributed by atoms with E-state index in [1.54, 1.807) is 7.11 Å². The van der Waals surface area contributed by atoms with Gasteiger partial charge in [-0.25, -0.2) is 4.79 Å². The van der Waals surface area contributed by atoms with Gasteiger partial charge in [0.1, 0.15) is 11.9 Å². The van der Waals surface area contributed by atoms with Crippen molar-refractivity contribution in [2.24, 2.45) is 39.9 Å². The van der Waals surface area contributed by atoms with E-state index in [0.717, 1.165) is 51.6 Å². The summed E-state index contributed by atoms with van der Waals surface area (Å²) in [6.07, 6.45) is 4.46. The monoisotopic (exact) mass is 520 g/mol. The molecule has 1 aliphatic heterocycles. The van der Waals surface area contributed by atoms with Gasteiger partial charge in [0.2, 0.25) is 5.91 Å². The Hall–Kier alpha value is -1.51. The van der Waals surface area contributed by atoms with Crippen LogP contribution >= 0.6 is 0 Å². The zero-order chi connectivity index (χ0) is 27.2. The van der Waals surface area contributed by atoms with E-state index < -0.39 is 23.0 Å². The Bertz CT molecular complexity index is 888. The Kier molecular flexibility index (Phi) is 8.14. The molecule has 0 radical (unpaired) electrons. The molecule has 2 amide bonds. The maximum Gasteiger partial charge on any atom is 0.414 e. The van der Waals surface area contributed by atoms with Crippen molar-refractivity contribution in [3.63, 3.8) is 0 Å². The van der Waals surface area contributed by atoms with E-state index in [9.17, 15) is 19.5 Å². The molecule has 210 valence electrons. The Labute approximate surface area is 222 Å². The van der Waals surface area contributed by atoms with Crippen LogP contribution in [0.3, 0.4) is 0 Å². The van der Waals surface area contributed by atoms with Crippen LogP contribution < -0.4 is 5.32 Å². The lowest BCUT2D eigenvalue weighted by molar-refractivity contribution is -0.192. The molecule has 8 heteroatoms. The minimum atomic E-state index is -0.821. The van der Waals surface area contributed by atoms with Crippen LogP contribution in [0.1, 0.15) is 79.1 Å². The topological polar surface area (TPSA) is 105 Å². The number of ether oxygens (including phenoxy) is 2. The SMILES string of the molecule is CO[C@H]1CCC23CC[C@@H](C)[C@@](C)(C(OC(=O)NC(=O)C4CCN(C)CC4)C[C@@](C)(CCO)C(=O)[C@@H]2C)C13. The van der Waals surface area contributed by atoms with E-state index in [4.69, 9.17) is 9.47 Å². The van der Waals surface area contributed by atoms with Gasteiger partial charge in [0.15, 0.2) is 0 Å². The summed E-state index contributed by atoms with van der Waals surface area (Å²) >= 11 is 0. The number of piperidine rings is 1. The molecule has 1 saturated heterocycles.